The molecule has 0 saturated heterocycles. The molecule has 0 radical (unpaired) electrons. The number of rotatable bonds is 1. The Hall–Kier alpha value is -1.64. The minimum Gasteiger partial charge on any atom is -0.411 e. The molecule has 1 aliphatic carbocycles. The minimum absolute atomic E-state index is 0.230. The Morgan fingerprint density at radius 2 is 1.87 bits per heavy atom. The number of halogens is 1. The molecule has 78 valence electrons. The van der Waals surface area contributed by atoms with Gasteiger partial charge in [0, 0.05) is 0 Å². The Bertz CT molecular complexity index is 406. The van der Waals surface area contributed by atoms with E-state index < -0.39 is 0 Å². The fourth-order valence-corrected chi connectivity index (χ4v) is 1.78. The lowest BCUT2D eigenvalue weighted by atomic mass is 9.93. The molecule has 0 amide bonds. The van der Waals surface area contributed by atoms with Gasteiger partial charge in [-0.3, -0.25) is 0 Å². The molecule has 2 nitrogen and oxygen atoms in total. The second-order valence-corrected chi connectivity index (χ2v) is 3.62. The van der Waals surface area contributed by atoms with Gasteiger partial charge in [0.15, 0.2) is 0 Å². The number of oxime groups is 1. The summed E-state index contributed by atoms with van der Waals surface area (Å²) in [6.07, 6.45) is 4.60. The van der Waals surface area contributed by atoms with E-state index in [0.717, 1.165) is 30.4 Å². The van der Waals surface area contributed by atoms with E-state index in [-0.39, 0.29) is 5.82 Å². The molecule has 3 heteroatoms. The molecule has 0 spiro atoms. The largest absolute Gasteiger partial charge is 0.411 e. The van der Waals surface area contributed by atoms with Gasteiger partial charge in [-0.25, -0.2) is 4.39 Å². The molecule has 15 heavy (non-hydrogen) atoms. The maximum absolute atomic E-state index is 12.7. The zero-order chi connectivity index (χ0) is 10.7. The second-order valence-electron chi connectivity index (χ2n) is 3.62. The summed E-state index contributed by atoms with van der Waals surface area (Å²) in [6.45, 7) is 0. The standard InChI is InChI=1S/C12H12FNO/c13-11-6-4-9(5-7-11)10-2-1-3-12(8-10)14-15/h4-8,15H,1-3H2/b14-12+. The van der Waals surface area contributed by atoms with Crippen molar-refractivity contribution in [1.29, 1.82) is 0 Å². The average molecular weight is 205 g/mol. The van der Waals surface area contributed by atoms with Crippen LogP contribution in [0.5, 0.6) is 0 Å². The predicted molar refractivity (Wildman–Crippen MR) is 57.4 cm³/mol. The summed E-state index contributed by atoms with van der Waals surface area (Å²) in [5.74, 6) is -0.230. The van der Waals surface area contributed by atoms with Crippen LogP contribution in [0.3, 0.4) is 0 Å². The molecule has 0 fully saturated rings. The van der Waals surface area contributed by atoms with Crippen LogP contribution in [0.2, 0.25) is 0 Å². The van der Waals surface area contributed by atoms with Gasteiger partial charge in [0.1, 0.15) is 5.82 Å². The average Bonchev–Trinajstić information content (AvgIpc) is 2.30. The lowest BCUT2D eigenvalue weighted by Crippen LogP contribution is -2.02. The van der Waals surface area contributed by atoms with Gasteiger partial charge in [-0.05, 0) is 48.6 Å². The lowest BCUT2D eigenvalue weighted by Gasteiger charge is -2.13. The molecular weight excluding hydrogens is 193 g/mol. The third-order valence-corrected chi connectivity index (χ3v) is 2.56. The van der Waals surface area contributed by atoms with Crippen molar-refractivity contribution in [3.05, 3.63) is 41.7 Å². The monoisotopic (exact) mass is 205 g/mol. The van der Waals surface area contributed by atoms with E-state index in [1.54, 1.807) is 12.1 Å². The van der Waals surface area contributed by atoms with Crippen molar-refractivity contribution in [2.45, 2.75) is 19.3 Å². The van der Waals surface area contributed by atoms with Crippen LogP contribution in [0.25, 0.3) is 5.57 Å². The Labute approximate surface area is 87.7 Å². The SMILES string of the molecule is O/N=C1/C=C(c2ccc(F)cc2)CCC1. The smallest absolute Gasteiger partial charge is 0.123 e. The summed E-state index contributed by atoms with van der Waals surface area (Å²) in [4.78, 5) is 0. The minimum atomic E-state index is -0.230. The van der Waals surface area contributed by atoms with E-state index >= 15 is 0 Å². The normalized spacial score (nSPS) is 19.0. The van der Waals surface area contributed by atoms with Gasteiger partial charge in [0.05, 0.1) is 5.71 Å². The highest BCUT2D eigenvalue weighted by Crippen LogP contribution is 2.25. The number of benzene rings is 1. The van der Waals surface area contributed by atoms with Crippen LogP contribution < -0.4 is 0 Å². The van der Waals surface area contributed by atoms with Crippen LogP contribution in [0, 0.1) is 5.82 Å². The van der Waals surface area contributed by atoms with Crippen LogP contribution in [0.1, 0.15) is 24.8 Å². The van der Waals surface area contributed by atoms with Crippen molar-refractivity contribution in [3.8, 4) is 0 Å². The number of nitrogens with zero attached hydrogens (tertiary/aromatic N) is 1. The van der Waals surface area contributed by atoms with Gasteiger partial charge in [0.25, 0.3) is 0 Å². The molecule has 0 heterocycles. The fraction of sp³-hybridized carbons (Fsp3) is 0.250. The molecule has 0 aromatic heterocycles. The van der Waals surface area contributed by atoms with E-state index in [0.29, 0.717) is 5.71 Å². The second kappa shape index (κ2) is 4.26. The van der Waals surface area contributed by atoms with E-state index in [4.69, 9.17) is 5.21 Å². The van der Waals surface area contributed by atoms with Crippen LogP contribution in [0.15, 0.2) is 35.5 Å². The Balaban J connectivity index is 2.30. The molecule has 0 atom stereocenters. The van der Waals surface area contributed by atoms with Gasteiger partial charge in [-0.2, -0.15) is 0 Å². The molecule has 0 saturated carbocycles. The first-order valence-corrected chi connectivity index (χ1v) is 4.97. The maximum atomic E-state index is 12.7. The summed E-state index contributed by atoms with van der Waals surface area (Å²) >= 11 is 0. The predicted octanol–water partition coefficient (Wildman–Crippen LogP) is 3.22. The molecule has 1 N–H and O–H groups in total. The molecule has 0 bridgehead atoms. The van der Waals surface area contributed by atoms with Crippen molar-refractivity contribution >= 4 is 11.3 Å². The number of hydrogen-bond donors (Lipinski definition) is 1. The summed E-state index contributed by atoms with van der Waals surface area (Å²) in [5.41, 5.74) is 2.80. The molecular formula is C12H12FNO. The molecule has 1 aromatic carbocycles. The first-order valence-electron chi connectivity index (χ1n) is 4.97. The van der Waals surface area contributed by atoms with Gasteiger partial charge in [-0.1, -0.05) is 17.3 Å². The zero-order valence-electron chi connectivity index (χ0n) is 8.28. The van der Waals surface area contributed by atoms with E-state index in [2.05, 4.69) is 5.16 Å². The Morgan fingerprint density at radius 3 is 2.53 bits per heavy atom. The highest BCUT2D eigenvalue weighted by atomic mass is 19.1. The van der Waals surface area contributed by atoms with Gasteiger partial charge >= 0.3 is 0 Å². The van der Waals surface area contributed by atoms with Crippen LogP contribution in [0.4, 0.5) is 4.39 Å². The van der Waals surface area contributed by atoms with Crippen molar-refractivity contribution in [1.82, 2.24) is 0 Å². The van der Waals surface area contributed by atoms with Gasteiger partial charge < -0.3 is 5.21 Å². The quantitative estimate of drug-likeness (QED) is 0.554. The van der Waals surface area contributed by atoms with Crippen molar-refractivity contribution in [2.75, 3.05) is 0 Å². The van der Waals surface area contributed by atoms with Gasteiger partial charge in [-0.15, -0.1) is 0 Å². The summed E-state index contributed by atoms with van der Waals surface area (Å²) < 4.78 is 12.7. The van der Waals surface area contributed by atoms with E-state index in [1.165, 1.54) is 12.1 Å². The molecule has 1 aromatic rings. The summed E-state index contributed by atoms with van der Waals surface area (Å²) in [7, 11) is 0. The van der Waals surface area contributed by atoms with E-state index in [9.17, 15) is 4.39 Å². The Morgan fingerprint density at radius 1 is 1.13 bits per heavy atom. The zero-order valence-corrected chi connectivity index (χ0v) is 8.28. The highest BCUT2D eigenvalue weighted by Gasteiger charge is 2.10. The number of hydrogen-bond acceptors (Lipinski definition) is 2. The summed E-state index contributed by atoms with van der Waals surface area (Å²) in [6, 6.07) is 6.39. The van der Waals surface area contributed by atoms with E-state index in [1.807, 2.05) is 6.08 Å². The van der Waals surface area contributed by atoms with Crippen LogP contribution in [-0.4, -0.2) is 10.9 Å². The maximum Gasteiger partial charge on any atom is 0.123 e. The van der Waals surface area contributed by atoms with Crippen molar-refractivity contribution < 1.29 is 9.60 Å². The first-order chi connectivity index (χ1) is 7.29. The van der Waals surface area contributed by atoms with Crippen LogP contribution >= 0.6 is 0 Å². The lowest BCUT2D eigenvalue weighted by molar-refractivity contribution is 0.318. The third kappa shape index (κ3) is 2.24. The molecule has 1 aliphatic rings. The van der Waals surface area contributed by atoms with Crippen molar-refractivity contribution in [3.63, 3.8) is 0 Å². The molecule has 2 rings (SSSR count). The highest BCUT2D eigenvalue weighted by molar-refractivity contribution is 6.01. The first kappa shape index (κ1) is 9.90. The third-order valence-electron chi connectivity index (χ3n) is 2.56. The molecule has 0 unspecified atom stereocenters. The topological polar surface area (TPSA) is 32.6 Å². The summed E-state index contributed by atoms with van der Waals surface area (Å²) in [5, 5.41) is 11.9. The molecule has 0 aliphatic heterocycles. The van der Waals surface area contributed by atoms with Crippen molar-refractivity contribution in [2.24, 2.45) is 5.16 Å². The van der Waals surface area contributed by atoms with Crippen LogP contribution in [-0.2, 0) is 0 Å². The fourth-order valence-electron chi connectivity index (χ4n) is 1.78. The van der Waals surface area contributed by atoms with Gasteiger partial charge in [0.2, 0.25) is 0 Å². The Kier molecular flexibility index (Phi) is 2.81. The number of allylic oxidation sites excluding steroid dienone is 2.